The number of aliphatic carboxylic acids is 1. The summed E-state index contributed by atoms with van der Waals surface area (Å²) in [6.07, 6.45) is 0.463. The van der Waals surface area contributed by atoms with E-state index in [2.05, 4.69) is 10.3 Å². The molecule has 0 radical (unpaired) electrons. The quantitative estimate of drug-likeness (QED) is 0.513. The lowest BCUT2D eigenvalue weighted by Gasteiger charge is -2.13. The van der Waals surface area contributed by atoms with Gasteiger partial charge in [0.1, 0.15) is 5.82 Å². The van der Waals surface area contributed by atoms with E-state index >= 15 is 0 Å². The van der Waals surface area contributed by atoms with E-state index in [0.717, 1.165) is 0 Å². The number of anilines is 2. The Balaban J connectivity index is 2.65. The van der Waals surface area contributed by atoms with Crippen molar-refractivity contribution in [3.63, 3.8) is 0 Å². The van der Waals surface area contributed by atoms with E-state index in [4.69, 9.17) is 10.8 Å². The highest BCUT2D eigenvalue weighted by atomic mass is 16.6. The summed E-state index contributed by atoms with van der Waals surface area (Å²) in [4.78, 5) is 24.2. The summed E-state index contributed by atoms with van der Waals surface area (Å²) >= 11 is 0. The van der Waals surface area contributed by atoms with Gasteiger partial charge in [0.15, 0.2) is 0 Å². The van der Waals surface area contributed by atoms with E-state index in [9.17, 15) is 14.9 Å². The lowest BCUT2D eigenvalue weighted by Crippen LogP contribution is -2.17. The third-order valence-corrected chi connectivity index (χ3v) is 2.28. The Morgan fingerprint density at radius 3 is 2.83 bits per heavy atom. The van der Waals surface area contributed by atoms with Gasteiger partial charge in [-0.2, -0.15) is 0 Å². The molecule has 1 unspecified atom stereocenters. The fraction of sp³-hybridized carbons (Fsp3) is 0.400. The smallest absolute Gasteiger partial charge is 0.311 e. The van der Waals surface area contributed by atoms with Gasteiger partial charge in [-0.15, -0.1) is 0 Å². The van der Waals surface area contributed by atoms with E-state index < -0.39 is 10.9 Å². The van der Waals surface area contributed by atoms with Crippen molar-refractivity contribution in [2.75, 3.05) is 11.1 Å². The van der Waals surface area contributed by atoms with Crippen LogP contribution in [0.3, 0.4) is 0 Å². The van der Waals surface area contributed by atoms with Crippen LogP contribution in [0.4, 0.5) is 17.3 Å². The van der Waals surface area contributed by atoms with Crippen molar-refractivity contribution in [1.29, 1.82) is 0 Å². The Morgan fingerprint density at radius 1 is 1.67 bits per heavy atom. The van der Waals surface area contributed by atoms with Crippen molar-refractivity contribution >= 4 is 23.3 Å². The fourth-order valence-electron chi connectivity index (χ4n) is 1.37. The zero-order valence-corrected chi connectivity index (χ0v) is 9.79. The summed E-state index contributed by atoms with van der Waals surface area (Å²) in [6.45, 7) is 1.79. The summed E-state index contributed by atoms with van der Waals surface area (Å²) in [7, 11) is 0. The van der Waals surface area contributed by atoms with Crippen LogP contribution in [0.1, 0.15) is 19.8 Å². The summed E-state index contributed by atoms with van der Waals surface area (Å²) in [5, 5.41) is 22.0. The second kappa shape index (κ2) is 5.80. The maximum absolute atomic E-state index is 10.5. The lowest BCUT2D eigenvalue weighted by atomic mass is 10.2. The van der Waals surface area contributed by atoms with Crippen molar-refractivity contribution in [2.45, 2.75) is 25.8 Å². The SMILES string of the molecule is CC(CCC(=O)O)Nc1ccc([N+](=O)[O-])c(N)n1. The van der Waals surface area contributed by atoms with Crippen LogP contribution in [0.2, 0.25) is 0 Å². The van der Waals surface area contributed by atoms with Gasteiger partial charge in [-0.05, 0) is 19.4 Å². The summed E-state index contributed by atoms with van der Waals surface area (Å²) in [5.74, 6) is -0.661. The molecule has 8 heteroatoms. The molecule has 0 fully saturated rings. The molecule has 0 amide bonds. The number of nitrogens with zero attached hydrogens (tertiary/aromatic N) is 2. The highest BCUT2D eigenvalue weighted by Gasteiger charge is 2.13. The normalized spacial score (nSPS) is 11.8. The van der Waals surface area contributed by atoms with Crippen LogP contribution in [0.15, 0.2) is 12.1 Å². The third-order valence-electron chi connectivity index (χ3n) is 2.28. The molecule has 0 aliphatic rings. The Labute approximate surface area is 103 Å². The van der Waals surface area contributed by atoms with Crippen molar-refractivity contribution in [3.8, 4) is 0 Å². The molecule has 1 atom stereocenters. The Bertz CT molecular complexity index is 463. The Morgan fingerprint density at radius 2 is 2.33 bits per heavy atom. The van der Waals surface area contributed by atoms with E-state index in [0.29, 0.717) is 12.2 Å². The van der Waals surface area contributed by atoms with Crippen molar-refractivity contribution in [2.24, 2.45) is 0 Å². The number of carboxylic acid groups (broad SMARTS) is 1. The monoisotopic (exact) mass is 254 g/mol. The maximum Gasteiger partial charge on any atom is 0.311 e. The molecule has 1 rings (SSSR count). The number of pyridine rings is 1. The first-order valence-electron chi connectivity index (χ1n) is 5.29. The largest absolute Gasteiger partial charge is 0.481 e. The van der Waals surface area contributed by atoms with Crippen LogP contribution in [-0.2, 0) is 4.79 Å². The average molecular weight is 254 g/mol. The molecule has 98 valence electrons. The maximum atomic E-state index is 10.5. The van der Waals surface area contributed by atoms with Gasteiger partial charge in [0.2, 0.25) is 5.82 Å². The van der Waals surface area contributed by atoms with E-state index in [-0.39, 0.29) is 24.0 Å². The molecule has 1 aromatic rings. The molecule has 1 heterocycles. The molecule has 18 heavy (non-hydrogen) atoms. The molecular weight excluding hydrogens is 240 g/mol. The van der Waals surface area contributed by atoms with Crippen LogP contribution in [0.5, 0.6) is 0 Å². The molecule has 0 saturated carbocycles. The van der Waals surface area contributed by atoms with E-state index in [1.165, 1.54) is 12.1 Å². The first kappa shape index (κ1) is 13.7. The van der Waals surface area contributed by atoms with Gasteiger partial charge in [-0.1, -0.05) is 0 Å². The number of rotatable bonds is 6. The number of carbonyl (C=O) groups is 1. The molecule has 8 nitrogen and oxygen atoms in total. The van der Waals surface area contributed by atoms with Crippen LogP contribution >= 0.6 is 0 Å². The topological polar surface area (TPSA) is 131 Å². The molecule has 0 aliphatic heterocycles. The molecule has 0 aliphatic carbocycles. The van der Waals surface area contributed by atoms with Crippen LogP contribution in [0.25, 0.3) is 0 Å². The van der Waals surface area contributed by atoms with E-state index in [1.807, 2.05) is 0 Å². The predicted octanol–water partition coefficient (Wildman–Crippen LogP) is 1.24. The number of hydrogen-bond donors (Lipinski definition) is 3. The lowest BCUT2D eigenvalue weighted by molar-refractivity contribution is -0.384. The molecule has 0 saturated heterocycles. The summed E-state index contributed by atoms with van der Waals surface area (Å²) in [5.41, 5.74) is 5.18. The average Bonchev–Trinajstić information content (AvgIpc) is 2.26. The van der Waals surface area contributed by atoms with Gasteiger partial charge in [0, 0.05) is 18.5 Å². The zero-order valence-electron chi connectivity index (χ0n) is 9.79. The van der Waals surface area contributed by atoms with Crippen molar-refractivity contribution in [3.05, 3.63) is 22.2 Å². The molecule has 0 aromatic carbocycles. The number of nitrogens with two attached hydrogens (primary N) is 1. The third kappa shape index (κ3) is 3.89. The minimum atomic E-state index is -0.875. The Hall–Kier alpha value is -2.38. The van der Waals surface area contributed by atoms with Gasteiger partial charge in [-0.25, -0.2) is 4.98 Å². The van der Waals surface area contributed by atoms with Gasteiger partial charge in [0.25, 0.3) is 0 Å². The van der Waals surface area contributed by atoms with Crippen LogP contribution < -0.4 is 11.1 Å². The van der Waals surface area contributed by atoms with Crippen molar-refractivity contribution in [1.82, 2.24) is 4.98 Å². The number of nitrogens with one attached hydrogen (secondary N) is 1. The summed E-state index contributed by atoms with van der Waals surface area (Å²) in [6, 6.07) is 2.58. The van der Waals surface area contributed by atoms with Gasteiger partial charge >= 0.3 is 11.7 Å². The van der Waals surface area contributed by atoms with Crippen molar-refractivity contribution < 1.29 is 14.8 Å². The van der Waals surface area contributed by atoms with Gasteiger partial charge < -0.3 is 16.2 Å². The standard InChI is InChI=1S/C10H14N4O4/c1-6(2-5-9(15)16)12-8-4-3-7(14(17)18)10(11)13-8/h3-4,6H,2,5H2,1H3,(H,15,16)(H3,11,12,13). The zero-order chi connectivity index (χ0) is 13.7. The highest BCUT2D eigenvalue weighted by Crippen LogP contribution is 2.21. The second-order valence-corrected chi connectivity index (χ2v) is 3.84. The number of carboxylic acids is 1. The number of aromatic nitrogens is 1. The van der Waals surface area contributed by atoms with Gasteiger partial charge in [0.05, 0.1) is 4.92 Å². The fourth-order valence-corrected chi connectivity index (χ4v) is 1.37. The van der Waals surface area contributed by atoms with Crippen LogP contribution in [-0.4, -0.2) is 27.0 Å². The molecule has 1 aromatic heterocycles. The van der Waals surface area contributed by atoms with E-state index in [1.54, 1.807) is 6.92 Å². The summed E-state index contributed by atoms with van der Waals surface area (Å²) < 4.78 is 0. The number of nitro groups is 1. The predicted molar refractivity (Wildman–Crippen MR) is 65.3 cm³/mol. The Kier molecular flexibility index (Phi) is 4.41. The first-order chi connectivity index (χ1) is 8.40. The van der Waals surface area contributed by atoms with Gasteiger partial charge in [-0.3, -0.25) is 14.9 Å². The number of nitrogen functional groups attached to an aromatic ring is 1. The minimum absolute atomic E-state index is 0.0383. The number of hydrogen-bond acceptors (Lipinski definition) is 6. The molecule has 0 bridgehead atoms. The minimum Gasteiger partial charge on any atom is -0.481 e. The first-order valence-corrected chi connectivity index (χ1v) is 5.29. The highest BCUT2D eigenvalue weighted by molar-refractivity contribution is 5.66. The molecular formula is C10H14N4O4. The van der Waals surface area contributed by atoms with Crippen LogP contribution in [0, 0.1) is 10.1 Å². The second-order valence-electron chi connectivity index (χ2n) is 3.84. The molecule has 0 spiro atoms. The molecule has 4 N–H and O–H groups in total.